The van der Waals surface area contributed by atoms with Crippen LogP contribution in [0.5, 0.6) is 0 Å². The lowest BCUT2D eigenvalue weighted by Crippen LogP contribution is -1.92. The smallest absolute Gasteiger partial charge is 0.0329 e. The Bertz CT molecular complexity index is 102. The van der Waals surface area contributed by atoms with Crippen molar-refractivity contribution in [3.63, 3.8) is 0 Å². The van der Waals surface area contributed by atoms with Crippen LogP contribution in [0.15, 0.2) is 0 Å². The minimum absolute atomic E-state index is 0.439. The molecule has 0 nitrogen and oxygen atoms in total. The van der Waals surface area contributed by atoms with Crippen LogP contribution >= 0.6 is 15.8 Å². The van der Waals surface area contributed by atoms with Crippen LogP contribution in [0.3, 0.4) is 0 Å². The van der Waals surface area contributed by atoms with Gasteiger partial charge in [0.25, 0.3) is 0 Å². The summed E-state index contributed by atoms with van der Waals surface area (Å²) in [5.74, 6) is 0. The van der Waals surface area contributed by atoms with E-state index in [1.165, 1.54) is 56.2 Å². The Hall–Kier alpha value is 0.860. The topological polar surface area (TPSA) is 0 Å². The molecule has 0 aromatic heterocycles. The van der Waals surface area contributed by atoms with Crippen molar-refractivity contribution in [3.05, 3.63) is 0 Å². The highest BCUT2D eigenvalue weighted by Gasteiger charge is 2.02. The fourth-order valence-corrected chi connectivity index (χ4v) is 5.86. The highest BCUT2D eigenvalue weighted by molar-refractivity contribution is 7.57. The zero-order valence-corrected chi connectivity index (χ0v) is 15.0. The lowest BCUT2D eigenvalue weighted by molar-refractivity contribution is 1.02. The molecule has 0 rings (SSSR count). The molecular formula is C15H36P2. The van der Waals surface area contributed by atoms with Crippen molar-refractivity contribution in [2.75, 3.05) is 37.0 Å². The molecule has 0 N–H and O–H groups in total. The lowest BCUT2D eigenvalue weighted by Gasteiger charge is -2.13. The van der Waals surface area contributed by atoms with Crippen LogP contribution in [-0.4, -0.2) is 37.0 Å². The predicted octanol–water partition coefficient (Wildman–Crippen LogP) is 6.23. The Morgan fingerprint density at radius 3 is 0.882 bits per heavy atom. The molecule has 106 valence electrons. The second kappa shape index (κ2) is 16.9. The molecule has 0 aliphatic rings. The third kappa shape index (κ3) is 14.8. The van der Waals surface area contributed by atoms with E-state index < -0.39 is 0 Å². The van der Waals surface area contributed by atoms with Crippen LogP contribution in [0.1, 0.15) is 60.8 Å². The summed E-state index contributed by atoms with van der Waals surface area (Å²) in [7, 11) is 0.885. The maximum absolute atomic E-state index is 2.31. The van der Waals surface area contributed by atoms with Gasteiger partial charge in [-0.15, -0.1) is 15.8 Å². The van der Waals surface area contributed by atoms with E-state index in [2.05, 4.69) is 41.5 Å². The van der Waals surface area contributed by atoms with Gasteiger partial charge in [0.2, 0.25) is 0 Å². The molecule has 0 heterocycles. The van der Waals surface area contributed by atoms with Gasteiger partial charge in [-0.2, -0.15) is 0 Å². The molecule has 0 bridgehead atoms. The first-order valence-electron chi connectivity index (χ1n) is 7.64. The molecule has 0 atom stereocenters. The molecule has 0 aliphatic heterocycles. The lowest BCUT2D eigenvalue weighted by atomic mass is 10.6. The van der Waals surface area contributed by atoms with E-state index in [9.17, 15) is 0 Å². The monoisotopic (exact) mass is 278 g/mol. The third-order valence-electron chi connectivity index (χ3n) is 2.96. The first kappa shape index (κ1) is 20.2. The molecule has 0 spiro atoms. The summed E-state index contributed by atoms with van der Waals surface area (Å²) in [4.78, 5) is 0. The molecule has 0 unspecified atom stereocenters. The Labute approximate surface area is 114 Å². The predicted molar refractivity (Wildman–Crippen MR) is 90.9 cm³/mol. The summed E-state index contributed by atoms with van der Waals surface area (Å²) in [5.41, 5.74) is 0. The van der Waals surface area contributed by atoms with E-state index in [-0.39, 0.29) is 0 Å². The molecule has 2 heteroatoms. The SMILES string of the molecule is CCCP(CCC)CCC.CCP(CC)CC. The van der Waals surface area contributed by atoms with Gasteiger partial charge in [0.05, 0.1) is 0 Å². The minimum Gasteiger partial charge on any atom is -0.108 e. The van der Waals surface area contributed by atoms with Gasteiger partial charge in [-0.3, -0.25) is 0 Å². The summed E-state index contributed by atoms with van der Waals surface area (Å²) >= 11 is 0. The van der Waals surface area contributed by atoms with Gasteiger partial charge in [-0.05, 0) is 37.0 Å². The van der Waals surface area contributed by atoms with E-state index >= 15 is 0 Å². The molecular weight excluding hydrogens is 242 g/mol. The Balaban J connectivity index is 0. The normalized spacial score (nSPS) is 10.6. The molecule has 0 aliphatic carbocycles. The molecule has 17 heavy (non-hydrogen) atoms. The van der Waals surface area contributed by atoms with E-state index in [1.54, 1.807) is 0 Å². The van der Waals surface area contributed by atoms with Crippen LogP contribution in [-0.2, 0) is 0 Å². The molecule has 0 aromatic carbocycles. The van der Waals surface area contributed by atoms with Gasteiger partial charge >= 0.3 is 0 Å². The van der Waals surface area contributed by atoms with Crippen molar-refractivity contribution >= 4 is 15.8 Å². The maximum atomic E-state index is 2.31. The molecule has 0 radical (unpaired) electrons. The zero-order valence-electron chi connectivity index (χ0n) is 13.3. The van der Waals surface area contributed by atoms with Crippen molar-refractivity contribution in [2.45, 2.75) is 60.8 Å². The van der Waals surface area contributed by atoms with Gasteiger partial charge in [-0.1, -0.05) is 60.8 Å². The van der Waals surface area contributed by atoms with Crippen molar-refractivity contribution in [2.24, 2.45) is 0 Å². The van der Waals surface area contributed by atoms with Crippen LogP contribution in [0.4, 0.5) is 0 Å². The van der Waals surface area contributed by atoms with Crippen LogP contribution < -0.4 is 0 Å². The third-order valence-corrected chi connectivity index (χ3v) is 8.88. The first-order chi connectivity index (χ1) is 8.19. The van der Waals surface area contributed by atoms with Crippen molar-refractivity contribution in [1.29, 1.82) is 0 Å². The Morgan fingerprint density at radius 2 is 0.765 bits per heavy atom. The fraction of sp³-hybridized carbons (Fsp3) is 1.00. The standard InChI is InChI=1S/C9H21P.C6H15P/c1-4-7-10(8-5-2)9-6-3;1-4-7(5-2)6-3/h4-9H2,1-3H3;4-6H2,1-3H3. The van der Waals surface area contributed by atoms with E-state index in [0.717, 1.165) is 0 Å². The van der Waals surface area contributed by atoms with E-state index in [4.69, 9.17) is 0 Å². The first-order valence-corrected chi connectivity index (χ1v) is 11.4. The summed E-state index contributed by atoms with van der Waals surface area (Å²) in [5, 5.41) is 0. The highest BCUT2D eigenvalue weighted by Crippen LogP contribution is 2.37. The second-order valence-corrected chi connectivity index (χ2v) is 10.4. The van der Waals surface area contributed by atoms with Gasteiger partial charge in [-0.25, -0.2) is 0 Å². The van der Waals surface area contributed by atoms with Gasteiger partial charge in [0.1, 0.15) is 0 Å². The van der Waals surface area contributed by atoms with Crippen molar-refractivity contribution in [3.8, 4) is 0 Å². The molecule has 0 saturated carbocycles. The number of hydrogen-bond acceptors (Lipinski definition) is 0. The minimum atomic E-state index is 0.439. The summed E-state index contributed by atoms with van der Waals surface area (Å²) < 4.78 is 0. The average molecular weight is 278 g/mol. The maximum Gasteiger partial charge on any atom is -0.0329 e. The summed E-state index contributed by atoms with van der Waals surface area (Å²) in [6.45, 7) is 13.8. The molecule has 0 amide bonds. The summed E-state index contributed by atoms with van der Waals surface area (Å²) in [6.07, 6.45) is 13.0. The van der Waals surface area contributed by atoms with Crippen LogP contribution in [0.25, 0.3) is 0 Å². The molecule has 0 fully saturated rings. The van der Waals surface area contributed by atoms with Gasteiger partial charge < -0.3 is 0 Å². The second-order valence-electron chi connectivity index (χ2n) is 4.46. The quantitative estimate of drug-likeness (QED) is 0.439. The fourth-order valence-electron chi connectivity index (χ4n) is 1.95. The van der Waals surface area contributed by atoms with Gasteiger partial charge in [0.15, 0.2) is 0 Å². The van der Waals surface area contributed by atoms with Gasteiger partial charge in [0, 0.05) is 0 Å². The largest absolute Gasteiger partial charge is 0.108 e. The zero-order chi connectivity index (χ0) is 13.5. The number of hydrogen-bond donors (Lipinski definition) is 0. The number of rotatable bonds is 9. The summed E-state index contributed by atoms with van der Waals surface area (Å²) in [6, 6.07) is 0. The van der Waals surface area contributed by atoms with Crippen LogP contribution in [0.2, 0.25) is 0 Å². The Morgan fingerprint density at radius 1 is 0.471 bits per heavy atom. The average Bonchev–Trinajstić information content (AvgIpc) is 2.33. The van der Waals surface area contributed by atoms with Crippen molar-refractivity contribution < 1.29 is 0 Å². The van der Waals surface area contributed by atoms with E-state index in [1.807, 2.05) is 0 Å². The highest BCUT2D eigenvalue weighted by atomic mass is 31.1. The molecule has 0 saturated heterocycles. The van der Waals surface area contributed by atoms with Crippen molar-refractivity contribution in [1.82, 2.24) is 0 Å². The van der Waals surface area contributed by atoms with E-state index in [0.29, 0.717) is 15.8 Å². The molecule has 0 aromatic rings. The Kier molecular flexibility index (Phi) is 20.0. The van der Waals surface area contributed by atoms with Crippen LogP contribution in [0, 0.1) is 0 Å².